The first-order chi connectivity index (χ1) is 16.3. The lowest BCUT2D eigenvalue weighted by atomic mass is 9.92. The second kappa shape index (κ2) is 9.35. The number of hydrogen-bond acceptors (Lipinski definition) is 6. The summed E-state index contributed by atoms with van der Waals surface area (Å²) in [6.45, 7) is 5.19. The van der Waals surface area contributed by atoms with Crippen LogP contribution in [-0.4, -0.2) is 16.7 Å². The molecule has 0 fully saturated rings. The minimum atomic E-state index is -4.54. The Kier molecular flexibility index (Phi) is 6.70. The Labute approximate surface area is 199 Å². The molecule has 178 valence electrons. The summed E-state index contributed by atoms with van der Waals surface area (Å²) >= 11 is 0. The van der Waals surface area contributed by atoms with Gasteiger partial charge in [0.05, 0.1) is 16.8 Å². The maximum atomic E-state index is 13.0. The molecule has 0 atom stereocenters. The molecule has 3 N–H and O–H groups in total. The highest BCUT2D eigenvalue weighted by Gasteiger charge is 2.30. The van der Waals surface area contributed by atoms with E-state index >= 15 is 0 Å². The number of nitrogens with zero attached hydrogens (tertiary/aromatic N) is 3. The van der Waals surface area contributed by atoms with Crippen LogP contribution in [0.2, 0.25) is 0 Å². The second-order valence-corrected chi connectivity index (χ2v) is 8.47. The normalized spacial score (nSPS) is 11.3. The summed E-state index contributed by atoms with van der Waals surface area (Å²) in [6, 6.07) is 14.3. The van der Waals surface area contributed by atoms with Crippen LogP contribution < -0.4 is 11.1 Å². The fourth-order valence-electron chi connectivity index (χ4n) is 3.28. The number of nitriles is 2. The number of benzene rings is 2. The minimum absolute atomic E-state index is 0.0247. The van der Waals surface area contributed by atoms with Gasteiger partial charge in [-0.1, -0.05) is 24.3 Å². The van der Waals surface area contributed by atoms with E-state index in [0.29, 0.717) is 11.3 Å². The Hall–Kier alpha value is -4.57. The van der Waals surface area contributed by atoms with Gasteiger partial charge in [-0.05, 0) is 50.6 Å². The third-order valence-corrected chi connectivity index (χ3v) is 4.75. The number of carbonyl (C=O) groups excluding carboxylic acids is 1. The molecule has 0 aliphatic heterocycles. The van der Waals surface area contributed by atoms with Crippen LogP contribution >= 0.6 is 0 Å². The first kappa shape index (κ1) is 25.1. The van der Waals surface area contributed by atoms with Crippen LogP contribution in [0.5, 0.6) is 0 Å². The monoisotopic (exact) mass is 479 g/mol. The van der Waals surface area contributed by atoms with Gasteiger partial charge in [-0.3, -0.25) is 5.32 Å². The largest absolute Gasteiger partial charge is 0.444 e. The Morgan fingerprint density at radius 3 is 1.97 bits per heavy atom. The van der Waals surface area contributed by atoms with E-state index in [1.54, 1.807) is 45.0 Å². The molecule has 1 aromatic heterocycles. The number of carbonyl (C=O) groups is 1. The van der Waals surface area contributed by atoms with Crippen molar-refractivity contribution in [3.63, 3.8) is 0 Å². The molecule has 7 nitrogen and oxygen atoms in total. The molecule has 0 spiro atoms. The summed E-state index contributed by atoms with van der Waals surface area (Å²) in [5, 5.41) is 22.1. The van der Waals surface area contributed by atoms with Crippen molar-refractivity contribution >= 4 is 17.6 Å². The number of aromatic nitrogens is 1. The lowest BCUT2D eigenvalue weighted by molar-refractivity contribution is -0.137. The van der Waals surface area contributed by atoms with Gasteiger partial charge in [-0.2, -0.15) is 23.7 Å². The number of hydrogen-bond donors (Lipinski definition) is 2. The second-order valence-electron chi connectivity index (χ2n) is 8.47. The van der Waals surface area contributed by atoms with E-state index < -0.39 is 23.4 Å². The van der Waals surface area contributed by atoms with E-state index in [0.717, 1.165) is 12.1 Å². The summed E-state index contributed by atoms with van der Waals surface area (Å²) in [4.78, 5) is 16.2. The standard InChI is InChI=1S/C25H20F3N5O2/c1-24(2,3)35-23(34)32-17-10-6-15(7-11-17)21-18(12-29)20(19(13-30)22(31)33-21)14-4-8-16(9-5-14)25(26,27)28/h4-11H,1-3H3,(H2,31,33)(H,32,34). The maximum Gasteiger partial charge on any atom is 0.416 e. The first-order valence-corrected chi connectivity index (χ1v) is 10.3. The summed E-state index contributed by atoms with van der Waals surface area (Å²) in [6.07, 6.45) is -5.18. The highest BCUT2D eigenvalue weighted by molar-refractivity contribution is 5.88. The molecule has 0 unspecified atom stereocenters. The molecular formula is C25H20F3N5O2. The molecular weight excluding hydrogens is 459 g/mol. The van der Waals surface area contributed by atoms with Gasteiger partial charge in [0.25, 0.3) is 0 Å². The Balaban J connectivity index is 2.06. The molecule has 1 amide bonds. The molecule has 1 heterocycles. The number of rotatable bonds is 3. The van der Waals surface area contributed by atoms with E-state index in [1.807, 2.05) is 12.1 Å². The molecule has 35 heavy (non-hydrogen) atoms. The zero-order chi connectivity index (χ0) is 26.0. The molecule has 0 aliphatic carbocycles. The van der Waals surface area contributed by atoms with Gasteiger partial charge in [0.1, 0.15) is 29.1 Å². The van der Waals surface area contributed by atoms with E-state index in [-0.39, 0.29) is 33.8 Å². The Morgan fingerprint density at radius 2 is 1.49 bits per heavy atom. The van der Waals surface area contributed by atoms with Crippen LogP contribution in [0.4, 0.5) is 29.5 Å². The Morgan fingerprint density at radius 1 is 0.943 bits per heavy atom. The predicted octanol–water partition coefficient (Wildman–Crippen LogP) is 6.11. The highest BCUT2D eigenvalue weighted by Crippen LogP contribution is 2.37. The van der Waals surface area contributed by atoms with Gasteiger partial charge in [0.15, 0.2) is 0 Å². The molecule has 0 saturated heterocycles. The van der Waals surface area contributed by atoms with Crippen molar-refractivity contribution in [2.45, 2.75) is 32.5 Å². The molecule has 0 radical (unpaired) electrons. The third-order valence-electron chi connectivity index (χ3n) is 4.75. The molecule has 0 bridgehead atoms. The van der Waals surface area contributed by atoms with E-state index in [1.165, 1.54) is 12.1 Å². The van der Waals surface area contributed by atoms with Gasteiger partial charge >= 0.3 is 12.3 Å². The summed E-state index contributed by atoms with van der Waals surface area (Å²) < 4.78 is 44.2. The van der Waals surface area contributed by atoms with E-state index in [9.17, 15) is 28.5 Å². The van der Waals surface area contributed by atoms with Crippen molar-refractivity contribution in [2.75, 3.05) is 11.1 Å². The third kappa shape index (κ3) is 5.68. The van der Waals surface area contributed by atoms with Crippen LogP contribution in [0.25, 0.3) is 22.4 Å². The van der Waals surface area contributed by atoms with Crippen molar-refractivity contribution in [3.8, 4) is 34.5 Å². The van der Waals surface area contributed by atoms with Gasteiger partial charge < -0.3 is 10.5 Å². The van der Waals surface area contributed by atoms with Gasteiger partial charge in [-0.25, -0.2) is 9.78 Å². The molecule has 10 heteroatoms. The van der Waals surface area contributed by atoms with Crippen molar-refractivity contribution in [2.24, 2.45) is 0 Å². The van der Waals surface area contributed by atoms with Crippen LogP contribution in [0, 0.1) is 22.7 Å². The van der Waals surface area contributed by atoms with Gasteiger partial charge in [-0.15, -0.1) is 0 Å². The predicted molar refractivity (Wildman–Crippen MR) is 124 cm³/mol. The first-order valence-electron chi connectivity index (χ1n) is 10.3. The molecule has 3 aromatic rings. The SMILES string of the molecule is CC(C)(C)OC(=O)Nc1ccc(-c2nc(N)c(C#N)c(-c3ccc(C(F)(F)F)cc3)c2C#N)cc1. The number of pyridine rings is 1. The molecule has 2 aromatic carbocycles. The number of alkyl halides is 3. The van der Waals surface area contributed by atoms with Crippen molar-refractivity contribution in [3.05, 3.63) is 65.2 Å². The van der Waals surface area contributed by atoms with Crippen molar-refractivity contribution in [1.29, 1.82) is 10.5 Å². The lowest BCUT2D eigenvalue weighted by Gasteiger charge is -2.19. The average Bonchev–Trinajstić information content (AvgIpc) is 2.77. The number of nitrogens with one attached hydrogen (secondary N) is 1. The zero-order valence-corrected chi connectivity index (χ0v) is 19.0. The smallest absolute Gasteiger partial charge is 0.416 e. The summed E-state index contributed by atoms with van der Waals surface area (Å²) in [5.74, 6) is -0.174. The fourth-order valence-corrected chi connectivity index (χ4v) is 3.28. The Bertz CT molecular complexity index is 1350. The zero-order valence-electron chi connectivity index (χ0n) is 19.0. The van der Waals surface area contributed by atoms with Crippen LogP contribution in [0.1, 0.15) is 37.5 Å². The van der Waals surface area contributed by atoms with E-state index in [2.05, 4.69) is 10.3 Å². The number of nitrogens with two attached hydrogens (primary N) is 1. The number of halogens is 3. The van der Waals surface area contributed by atoms with Gasteiger partial charge in [0.2, 0.25) is 0 Å². The number of nitrogen functional groups attached to an aromatic ring is 1. The molecule has 0 aliphatic rings. The summed E-state index contributed by atoms with van der Waals surface area (Å²) in [5.41, 5.74) is 5.61. The number of amides is 1. The quantitative estimate of drug-likeness (QED) is 0.467. The highest BCUT2D eigenvalue weighted by atomic mass is 19.4. The van der Waals surface area contributed by atoms with Crippen LogP contribution in [0.3, 0.4) is 0 Å². The van der Waals surface area contributed by atoms with Crippen LogP contribution in [-0.2, 0) is 10.9 Å². The minimum Gasteiger partial charge on any atom is -0.444 e. The fraction of sp³-hybridized carbons (Fsp3) is 0.200. The maximum absolute atomic E-state index is 13.0. The topological polar surface area (TPSA) is 125 Å². The molecule has 3 rings (SSSR count). The summed E-state index contributed by atoms with van der Waals surface area (Å²) in [7, 11) is 0. The van der Waals surface area contributed by atoms with E-state index in [4.69, 9.17) is 10.5 Å². The molecule has 0 saturated carbocycles. The lowest BCUT2D eigenvalue weighted by Crippen LogP contribution is -2.27. The number of ether oxygens (including phenoxy) is 1. The van der Waals surface area contributed by atoms with Crippen molar-refractivity contribution in [1.82, 2.24) is 4.98 Å². The van der Waals surface area contributed by atoms with Crippen LogP contribution in [0.15, 0.2) is 48.5 Å². The van der Waals surface area contributed by atoms with Crippen molar-refractivity contribution < 1.29 is 22.7 Å². The number of anilines is 2. The average molecular weight is 479 g/mol. The van der Waals surface area contributed by atoms with Gasteiger partial charge in [0, 0.05) is 16.8 Å².